The summed E-state index contributed by atoms with van der Waals surface area (Å²) in [5.74, 6) is -1.41. The number of hydrogen-bond donors (Lipinski definition) is 1. The molecule has 3 aromatic carbocycles. The highest BCUT2D eigenvalue weighted by Gasteiger charge is 2.31. The van der Waals surface area contributed by atoms with Gasteiger partial charge in [-0.05, 0) is 42.8 Å². The quantitative estimate of drug-likeness (QED) is 0.504. The van der Waals surface area contributed by atoms with Crippen LogP contribution in [-0.2, 0) is 22.6 Å². The van der Waals surface area contributed by atoms with Gasteiger partial charge in [0, 0.05) is 25.1 Å². The molecule has 1 unspecified atom stereocenters. The first kappa shape index (κ1) is 23.9. The molecule has 0 saturated carbocycles. The lowest BCUT2D eigenvalue weighted by molar-refractivity contribution is -0.142. The number of ether oxygens (including phenoxy) is 1. The third kappa shape index (κ3) is 6.87. The molecule has 0 heterocycles. The van der Waals surface area contributed by atoms with Crippen molar-refractivity contribution in [1.29, 1.82) is 0 Å². The van der Waals surface area contributed by atoms with E-state index in [0.717, 1.165) is 5.56 Å². The van der Waals surface area contributed by atoms with Gasteiger partial charge in [0.25, 0.3) is 5.91 Å². The molecule has 0 radical (unpaired) electrons. The number of nitrogens with zero attached hydrogens (tertiary/aromatic N) is 1. The van der Waals surface area contributed by atoms with Crippen LogP contribution >= 0.6 is 0 Å². The molecule has 172 valence electrons. The number of rotatable bonds is 10. The maximum absolute atomic E-state index is 14.4. The highest BCUT2D eigenvalue weighted by molar-refractivity contribution is 5.88. The Morgan fingerprint density at radius 1 is 0.939 bits per heavy atom. The average Bonchev–Trinajstić information content (AvgIpc) is 2.82. The summed E-state index contributed by atoms with van der Waals surface area (Å²) in [7, 11) is 0. The van der Waals surface area contributed by atoms with Gasteiger partial charge in [-0.15, -0.1) is 0 Å². The molecule has 1 N–H and O–H groups in total. The summed E-state index contributed by atoms with van der Waals surface area (Å²) in [5.41, 5.74) is 1.15. The number of benzene rings is 3. The first-order chi connectivity index (χ1) is 16.0. The fourth-order valence-electron chi connectivity index (χ4n) is 3.41. The monoisotopic (exact) mass is 452 g/mol. The summed E-state index contributed by atoms with van der Waals surface area (Å²) < 4.78 is 33.1. The molecule has 5 nitrogen and oxygen atoms in total. The van der Waals surface area contributed by atoms with Gasteiger partial charge in [0.15, 0.2) is 6.61 Å². The van der Waals surface area contributed by atoms with E-state index in [1.807, 2.05) is 30.3 Å². The molecule has 7 heteroatoms. The van der Waals surface area contributed by atoms with Crippen molar-refractivity contribution in [2.24, 2.45) is 0 Å². The Labute approximate surface area is 192 Å². The molecule has 0 bridgehead atoms. The normalized spacial score (nSPS) is 11.5. The van der Waals surface area contributed by atoms with Gasteiger partial charge in [0.05, 0.1) is 0 Å². The van der Waals surface area contributed by atoms with Gasteiger partial charge >= 0.3 is 0 Å². The van der Waals surface area contributed by atoms with E-state index in [9.17, 15) is 18.4 Å². The number of carbonyl (C=O) groups excluding carboxylic acids is 2. The van der Waals surface area contributed by atoms with Crippen molar-refractivity contribution in [3.05, 3.63) is 102 Å². The summed E-state index contributed by atoms with van der Waals surface area (Å²) in [6.07, 6.45) is 0.253. The third-order valence-corrected chi connectivity index (χ3v) is 5.10. The van der Waals surface area contributed by atoms with Gasteiger partial charge < -0.3 is 15.0 Å². The molecule has 33 heavy (non-hydrogen) atoms. The predicted molar refractivity (Wildman–Crippen MR) is 121 cm³/mol. The first-order valence-electron chi connectivity index (χ1n) is 10.7. The maximum Gasteiger partial charge on any atom is 0.261 e. The van der Waals surface area contributed by atoms with Crippen molar-refractivity contribution in [2.75, 3.05) is 13.2 Å². The van der Waals surface area contributed by atoms with E-state index in [4.69, 9.17) is 4.74 Å². The van der Waals surface area contributed by atoms with Crippen molar-refractivity contribution < 1.29 is 23.1 Å². The lowest BCUT2D eigenvalue weighted by Crippen LogP contribution is -2.51. The Hall–Kier alpha value is -3.74. The summed E-state index contributed by atoms with van der Waals surface area (Å²) in [6.45, 7) is 1.69. The van der Waals surface area contributed by atoms with Crippen LogP contribution in [0.5, 0.6) is 5.75 Å². The van der Waals surface area contributed by atoms with Crippen molar-refractivity contribution >= 4 is 11.8 Å². The molecule has 0 aromatic heterocycles. The number of amides is 2. The third-order valence-electron chi connectivity index (χ3n) is 5.10. The topological polar surface area (TPSA) is 58.6 Å². The molecule has 1 atom stereocenters. The van der Waals surface area contributed by atoms with Crippen LogP contribution in [0.2, 0.25) is 0 Å². The van der Waals surface area contributed by atoms with Crippen molar-refractivity contribution in [2.45, 2.75) is 25.9 Å². The average molecular weight is 453 g/mol. The van der Waals surface area contributed by atoms with E-state index < -0.39 is 23.6 Å². The maximum atomic E-state index is 14.4. The predicted octanol–water partition coefficient (Wildman–Crippen LogP) is 4.12. The Kier molecular flexibility index (Phi) is 8.52. The lowest BCUT2D eigenvalue weighted by atomic mass is 10.0. The van der Waals surface area contributed by atoms with E-state index in [2.05, 4.69) is 5.32 Å². The molecule has 0 aliphatic heterocycles. The van der Waals surface area contributed by atoms with Crippen LogP contribution in [0.3, 0.4) is 0 Å². The van der Waals surface area contributed by atoms with Crippen LogP contribution in [0.1, 0.15) is 18.1 Å². The van der Waals surface area contributed by atoms with Crippen molar-refractivity contribution in [1.82, 2.24) is 10.2 Å². The molecular formula is C26H26F2N2O3. The molecule has 3 rings (SSSR count). The zero-order chi connectivity index (χ0) is 23.6. The second-order valence-electron chi connectivity index (χ2n) is 7.46. The smallest absolute Gasteiger partial charge is 0.261 e. The molecule has 0 fully saturated rings. The SMILES string of the molecule is CCNC(=O)C(Cc1ccccc1)N(Cc1ccccc1F)C(=O)COc1ccc(F)cc1. The minimum Gasteiger partial charge on any atom is -0.484 e. The molecule has 3 aromatic rings. The first-order valence-corrected chi connectivity index (χ1v) is 10.7. The highest BCUT2D eigenvalue weighted by atomic mass is 19.1. The Morgan fingerprint density at radius 3 is 2.27 bits per heavy atom. The van der Waals surface area contributed by atoms with Gasteiger partial charge in [-0.2, -0.15) is 0 Å². The standard InChI is InChI=1S/C26H26F2N2O3/c1-2-29-26(32)24(16-19-8-4-3-5-9-19)30(17-20-10-6-7-11-23(20)28)25(31)18-33-22-14-12-21(27)13-15-22/h3-15,24H,2,16-18H2,1H3,(H,29,32). The molecule has 0 saturated heterocycles. The van der Waals surface area contributed by atoms with Gasteiger partial charge in [0.1, 0.15) is 23.4 Å². The summed E-state index contributed by atoms with van der Waals surface area (Å²) in [5, 5.41) is 2.77. The van der Waals surface area contributed by atoms with E-state index in [1.165, 1.54) is 35.2 Å². The fraction of sp³-hybridized carbons (Fsp3) is 0.231. The number of halogens is 2. The molecule has 0 aliphatic rings. The van der Waals surface area contributed by atoms with Crippen LogP contribution in [0.15, 0.2) is 78.9 Å². The number of hydrogen-bond acceptors (Lipinski definition) is 3. The number of carbonyl (C=O) groups is 2. The largest absolute Gasteiger partial charge is 0.484 e. The fourth-order valence-corrected chi connectivity index (χ4v) is 3.41. The second kappa shape index (κ2) is 11.8. The van der Waals surface area contributed by atoms with Crippen LogP contribution in [0, 0.1) is 11.6 Å². The Balaban J connectivity index is 1.89. The molecular weight excluding hydrogens is 426 g/mol. The number of nitrogens with one attached hydrogen (secondary N) is 1. The molecule has 2 amide bonds. The zero-order valence-corrected chi connectivity index (χ0v) is 18.3. The Bertz CT molecular complexity index is 1060. The van der Waals surface area contributed by atoms with Crippen LogP contribution < -0.4 is 10.1 Å². The molecule has 0 spiro atoms. The van der Waals surface area contributed by atoms with Gasteiger partial charge in [-0.3, -0.25) is 9.59 Å². The van der Waals surface area contributed by atoms with Crippen molar-refractivity contribution in [3.63, 3.8) is 0 Å². The van der Waals surface area contributed by atoms with Gasteiger partial charge in [-0.25, -0.2) is 8.78 Å². The molecule has 0 aliphatic carbocycles. The van der Waals surface area contributed by atoms with Crippen LogP contribution in [0.4, 0.5) is 8.78 Å². The van der Waals surface area contributed by atoms with E-state index in [0.29, 0.717) is 12.3 Å². The summed E-state index contributed by atoms with van der Waals surface area (Å²) >= 11 is 0. The minimum atomic E-state index is -0.878. The van der Waals surface area contributed by atoms with E-state index in [-0.39, 0.29) is 31.0 Å². The van der Waals surface area contributed by atoms with Crippen molar-refractivity contribution in [3.8, 4) is 5.75 Å². The number of likely N-dealkylation sites (N-methyl/N-ethyl adjacent to an activating group) is 1. The van der Waals surface area contributed by atoms with Gasteiger partial charge in [-0.1, -0.05) is 48.5 Å². The Morgan fingerprint density at radius 2 is 1.61 bits per heavy atom. The van der Waals surface area contributed by atoms with E-state index >= 15 is 0 Å². The minimum absolute atomic E-state index is 0.104. The lowest BCUT2D eigenvalue weighted by Gasteiger charge is -2.31. The zero-order valence-electron chi connectivity index (χ0n) is 18.3. The van der Waals surface area contributed by atoms with E-state index in [1.54, 1.807) is 25.1 Å². The van der Waals surface area contributed by atoms with Crippen LogP contribution in [0.25, 0.3) is 0 Å². The summed E-state index contributed by atoms with van der Waals surface area (Å²) in [6, 6.07) is 19.8. The van der Waals surface area contributed by atoms with Crippen LogP contribution in [-0.4, -0.2) is 35.9 Å². The second-order valence-corrected chi connectivity index (χ2v) is 7.46. The summed E-state index contributed by atoms with van der Waals surface area (Å²) in [4.78, 5) is 27.6. The van der Waals surface area contributed by atoms with Gasteiger partial charge in [0.2, 0.25) is 5.91 Å². The highest BCUT2D eigenvalue weighted by Crippen LogP contribution is 2.18.